The van der Waals surface area contributed by atoms with Crippen molar-refractivity contribution in [2.45, 2.75) is 31.8 Å². The highest BCUT2D eigenvalue weighted by Crippen LogP contribution is 2.30. The van der Waals surface area contributed by atoms with Gasteiger partial charge in [-0.2, -0.15) is 17.5 Å². The van der Waals surface area contributed by atoms with Crippen molar-refractivity contribution >= 4 is 16.0 Å². The molecule has 0 spiro atoms. The summed E-state index contributed by atoms with van der Waals surface area (Å²) >= 11 is 0. The summed E-state index contributed by atoms with van der Waals surface area (Å²) in [5.41, 5.74) is -3.83. The predicted molar refractivity (Wildman–Crippen MR) is 98.6 cm³/mol. The molecule has 11 heteroatoms. The lowest BCUT2D eigenvalue weighted by Gasteiger charge is -2.31. The van der Waals surface area contributed by atoms with Crippen LogP contribution in [0.5, 0.6) is 0 Å². The van der Waals surface area contributed by atoms with E-state index in [9.17, 15) is 26.0 Å². The van der Waals surface area contributed by atoms with Gasteiger partial charge >= 0.3 is 15.5 Å². The fraction of sp³-hybridized carbons (Fsp3) is 0.588. The van der Waals surface area contributed by atoms with Crippen molar-refractivity contribution in [3.8, 4) is 0 Å². The van der Waals surface area contributed by atoms with Crippen molar-refractivity contribution in [3.05, 3.63) is 35.1 Å². The molecule has 1 aliphatic heterocycles. The molecule has 6 nitrogen and oxygen atoms in total. The van der Waals surface area contributed by atoms with Crippen LogP contribution in [0.4, 0.5) is 17.6 Å². The molecule has 0 aliphatic carbocycles. The molecule has 1 aromatic carbocycles. The summed E-state index contributed by atoms with van der Waals surface area (Å²) in [6.45, 7) is 2.26. The molecule has 1 aromatic rings. The fourth-order valence-corrected chi connectivity index (χ4v) is 3.95. The lowest BCUT2D eigenvalue weighted by molar-refractivity contribution is -0.0496. The van der Waals surface area contributed by atoms with Crippen molar-refractivity contribution in [1.29, 1.82) is 0 Å². The average molecular weight is 424 g/mol. The zero-order chi connectivity index (χ0) is 20.9. The van der Waals surface area contributed by atoms with E-state index in [1.807, 2.05) is 0 Å². The monoisotopic (exact) mass is 424 g/mol. The molecule has 0 amide bonds. The first-order valence-electron chi connectivity index (χ1n) is 8.80. The van der Waals surface area contributed by atoms with E-state index in [4.69, 9.17) is 0 Å². The van der Waals surface area contributed by atoms with E-state index in [1.54, 1.807) is 26.1 Å². The van der Waals surface area contributed by atoms with Crippen LogP contribution in [-0.4, -0.2) is 50.9 Å². The number of nitrogens with one attached hydrogen (secondary N) is 2. The Balaban J connectivity index is 1.79. The number of guanidine groups is 1. The zero-order valence-corrected chi connectivity index (χ0v) is 16.5. The molecular weight excluding hydrogens is 400 g/mol. The summed E-state index contributed by atoms with van der Waals surface area (Å²) in [6.07, 6.45) is 0.660. The molecule has 1 saturated heterocycles. The summed E-state index contributed by atoms with van der Waals surface area (Å²) in [5.74, 6) is 0.267. The van der Waals surface area contributed by atoms with Crippen LogP contribution in [0.3, 0.4) is 0 Å². The molecule has 1 heterocycles. The Morgan fingerprint density at radius 2 is 1.89 bits per heavy atom. The largest absolute Gasteiger partial charge is 0.511 e. The summed E-state index contributed by atoms with van der Waals surface area (Å²) in [7, 11) is -3.67. The fourth-order valence-electron chi connectivity index (χ4n) is 2.96. The predicted octanol–water partition coefficient (Wildman–Crippen LogP) is 2.36. The first-order valence-corrected chi connectivity index (χ1v) is 10.2. The summed E-state index contributed by atoms with van der Waals surface area (Å²) in [6, 6.07) is 4.79. The normalized spacial score (nSPS) is 17.6. The molecular formula is C17H24F4N4O2S. The smallest absolute Gasteiger partial charge is 0.356 e. The Bertz CT molecular complexity index is 804. The molecule has 1 fully saturated rings. The molecule has 28 heavy (non-hydrogen) atoms. The molecule has 0 saturated carbocycles. The maximum Gasteiger partial charge on any atom is 0.511 e. The lowest BCUT2D eigenvalue weighted by Crippen LogP contribution is -2.47. The molecule has 0 atom stereocenters. The number of hydrogen-bond acceptors (Lipinski definition) is 3. The van der Waals surface area contributed by atoms with Gasteiger partial charge in [0, 0.05) is 33.2 Å². The van der Waals surface area contributed by atoms with Gasteiger partial charge in [0.2, 0.25) is 0 Å². The number of aryl methyl sites for hydroxylation is 1. The Kier molecular flexibility index (Phi) is 7.27. The molecule has 2 N–H and O–H groups in total. The Morgan fingerprint density at radius 1 is 1.25 bits per heavy atom. The van der Waals surface area contributed by atoms with Crippen molar-refractivity contribution in [3.63, 3.8) is 0 Å². The van der Waals surface area contributed by atoms with Gasteiger partial charge < -0.3 is 10.6 Å². The number of alkyl halides is 3. The Hall–Kier alpha value is -1.88. The minimum Gasteiger partial charge on any atom is -0.356 e. The number of rotatable bonds is 5. The molecule has 0 aromatic heterocycles. The zero-order valence-electron chi connectivity index (χ0n) is 15.7. The van der Waals surface area contributed by atoms with Crippen LogP contribution in [0.25, 0.3) is 0 Å². The summed E-state index contributed by atoms with van der Waals surface area (Å²) < 4.78 is 74.4. The second kappa shape index (κ2) is 9.08. The molecule has 2 rings (SSSR count). The van der Waals surface area contributed by atoms with E-state index < -0.39 is 15.5 Å². The summed E-state index contributed by atoms with van der Waals surface area (Å²) in [5, 5.41) is 6.18. The van der Waals surface area contributed by atoms with E-state index in [0.717, 1.165) is 5.56 Å². The van der Waals surface area contributed by atoms with Gasteiger partial charge in [0.1, 0.15) is 5.82 Å². The maximum absolute atomic E-state index is 13.3. The first kappa shape index (κ1) is 22.4. The van der Waals surface area contributed by atoms with Gasteiger partial charge in [0.25, 0.3) is 0 Å². The average Bonchev–Trinajstić information content (AvgIpc) is 2.64. The van der Waals surface area contributed by atoms with E-state index in [1.165, 1.54) is 6.07 Å². The molecule has 0 bridgehead atoms. The molecule has 158 valence electrons. The van der Waals surface area contributed by atoms with Crippen LogP contribution >= 0.6 is 0 Å². The van der Waals surface area contributed by atoms with Crippen molar-refractivity contribution in [2.24, 2.45) is 10.9 Å². The van der Waals surface area contributed by atoms with E-state index in [2.05, 4.69) is 15.6 Å². The third kappa shape index (κ3) is 5.57. The van der Waals surface area contributed by atoms with E-state index in [0.29, 0.717) is 41.8 Å². The minimum absolute atomic E-state index is 0.0336. The Labute approximate surface area is 162 Å². The van der Waals surface area contributed by atoms with E-state index >= 15 is 0 Å². The van der Waals surface area contributed by atoms with E-state index in [-0.39, 0.29) is 24.8 Å². The number of sulfonamides is 1. The number of nitrogens with zero attached hydrogens (tertiary/aromatic N) is 2. The third-order valence-electron chi connectivity index (χ3n) is 4.67. The Morgan fingerprint density at radius 3 is 2.43 bits per heavy atom. The van der Waals surface area contributed by atoms with Crippen molar-refractivity contribution < 1.29 is 26.0 Å². The van der Waals surface area contributed by atoms with Crippen molar-refractivity contribution in [1.82, 2.24) is 14.9 Å². The number of aliphatic imine (C=N–C) groups is 1. The highest BCUT2D eigenvalue weighted by molar-refractivity contribution is 7.90. The van der Waals surface area contributed by atoms with Gasteiger partial charge in [0.15, 0.2) is 5.96 Å². The SMILES string of the molecule is CN=C(NCc1ccc(F)c(C)c1)NCC1CCN(S(=O)(=O)C(F)(F)F)CC1. The van der Waals surface area contributed by atoms with Gasteiger partial charge in [-0.3, -0.25) is 4.99 Å². The van der Waals surface area contributed by atoms with Gasteiger partial charge in [-0.1, -0.05) is 12.1 Å². The van der Waals surface area contributed by atoms with Gasteiger partial charge in [0.05, 0.1) is 0 Å². The molecule has 1 aliphatic rings. The number of benzene rings is 1. The maximum atomic E-state index is 13.3. The quantitative estimate of drug-likeness (QED) is 0.432. The standard InChI is InChI=1S/C17H24F4N4O2S/c1-12-9-14(3-4-15(12)18)11-24-16(22-2)23-10-13-5-7-25(8-6-13)28(26,27)17(19,20)21/h3-4,9,13H,5-8,10-11H2,1-2H3,(H2,22,23,24). The summed E-state index contributed by atoms with van der Waals surface area (Å²) in [4.78, 5) is 4.08. The molecule has 0 radical (unpaired) electrons. The topological polar surface area (TPSA) is 73.8 Å². The second-order valence-electron chi connectivity index (χ2n) is 6.68. The van der Waals surface area contributed by atoms with Gasteiger partial charge in [-0.05, 0) is 42.9 Å². The van der Waals surface area contributed by atoms with Crippen LogP contribution in [0.2, 0.25) is 0 Å². The van der Waals surface area contributed by atoms with Crippen LogP contribution in [0, 0.1) is 18.7 Å². The second-order valence-corrected chi connectivity index (χ2v) is 8.61. The first-order chi connectivity index (χ1) is 13.0. The highest BCUT2D eigenvalue weighted by atomic mass is 32.2. The van der Waals surface area contributed by atoms with Gasteiger partial charge in [-0.25, -0.2) is 12.8 Å². The number of hydrogen-bond donors (Lipinski definition) is 2. The van der Waals surface area contributed by atoms with Crippen LogP contribution in [-0.2, 0) is 16.6 Å². The van der Waals surface area contributed by atoms with Gasteiger partial charge in [-0.15, -0.1) is 0 Å². The number of piperidine rings is 1. The third-order valence-corrected chi connectivity index (χ3v) is 6.30. The van der Waals surface area contributed by atoms with Crippen LogP contribution in [0.1, 0.15) is 24.0 Å². The highest BCUT2D eigenvalue weighted by Gasteiger charge is 2.50. The number of halogens is 4. The minimum atomic E-state index is -5.26. The molecule has 0 unspecified atom stereocenters. The van der Waals surface area contributed by atoms with Crippen LogP contribution in [0.15, 0.2) is 23.2 Å². The van der Waals surface area contributed by atoms with Crippen LogP contribution < -0.4 is 10.6 Å². The lowest BCUT2D eigenvalue weighted by atomic mass is 9.98. The van der Waals surface area contributed by atoms with Crippen molar-refractivity contribution in [2.75, 3.05) is 26.7 Å².